The van der Waals surface area contributed by atoms with Gasteiger partial charge in [-0.3, -0.25) is 4.74 Å². The zero-order valence-corrected chi connectivity index (χ0v) is 37.2. The summed E-state index contributed by atoms with van der Waals surface area (Å²) < 4.78 is 390. The molecule has 0 saturated heterocycles. The number of hydrogen-bond donors (Lipinski definition) is 0. The maximum Gasteiger partial charge on any atom is 0.297 e. The molecule has 19 heteroatoms. The van der Waals surface area contributed by atoms with Gasteiger partial charge in [-0.15, -0.1) is 0 Å². The second-order valence-electron chi connectivity index (χ2n) is 27.6. The zero-order chi connectivity index (χ0) is 52.0. The zero-order valence-electron chi connectivity index (χ0n) is 37.2. The van der Waals surface area contributed by atoms with Crippen molar-refractivity contribution in [1.82, 2.24) is 0 Å². The van der Waals surface area contributed by atoms with E-state index in [2.05, 4.69) is 0 Å². The smallest absolute Gasteiger partial charge is 0.295 e. The summed E-state index contributed by atoms with van der Waals surface area (Å²) in [5.41, 5.74) is -127. The molecule has 17 aliphatic rings. The lowest BCUT2D eigenvalue weighted by atomic mass is 9.39. The van der Waals surface area contributed by atoms with E-state index in [4.69, 9.17) is 4.74 Å². The van der Waals surface area contributed by atoms with Crippen LogP contribution in [0.15, 0.2) is 0 Å². The predicted octanol–water partition coefficient (Wildman–Crippen LogP) is 15.0. The molecule has 1 heterocycles. The molecule has 18 atom stereocenters. The molecule has 14 aromatic carbocycles. The molecule has 14 aromatic rings. The minimum atomic E-state index is -6.13. The molecule has 16 aliphatic carbocycles. The molecular formula is C60F18O. The first-order valence-corrected chi connectivity index (χ1v) is 26.1. The van der Waals surface area contributed by atoms with E-state index in [0.717, 1.165) is 0 Å². The van der Waals surface area contributed by atoms with Crippen LogP contribution in [-0.2, 0) is 90.0 Å². The summed E-state index contributed by atoms with van der Waals surface area (Å²) in [4.78, 5) is 0. The first kappa shape index (κ1) is 35.1. The Morgan fingerprint density at radius 3 is 0.696 bits per heavy atom. The van der Waals surface area contributed by atoms with Crippen LogP contribution in [0.1, 0.15) is 100 Å². The lowest BCUT2D eigenvalue weighted by Gasteiger charge is -2.70. The predicted molar refractivity (Wildman–Crippen MR) is 235 cm³/mol. The Hall–Kier alpha value is -6.76. The first-order chi connectivity index (χ1) is 37.2. The largest absolute Gasteiger partial charge is 0.297 e. The molecule has 0 radical (unpaired) electrons. The van der Waals surface area contributed by atoms with E-state index in [1.165, 1.54) is 0 Å². The van der Waals surface area contributed by atoms with Crippen molar-refractivity contribution in [1.29, 1.82) is 0 Å². The minimum absolute atomic E-state index is 0.0282. The SMILES string of the molecule is FC12OC3(F)C4(F)c5c6c7c8c9c%10c%11c%12c%13c%14c%15c%16c%17c%18c%19c%20c%21c(c4c4c5c5c7c%10c7c5c5c4c%21c%18c5c4c%17c%14c%11c74)C4(F)C3(F)c3c1c1c5c7c3C(F)(C%204F)C(F)(C%19%16F)C7(F)C%15(F)C%13(F)C5(F)C(F)(C9%12F)C1(F)C8(F)C62F. The fourth-order valence-electron chi connectivity index (χ4n) is 27.4. The van der Waals surface area contributed by atoms with E-state index < -0.39 is 267 Å². The molecule has 0 N–H and O–H groups in total. The molecule has 0 fully saturated rings. The summed E-state index contributed by atoms with van der Waals surface area (Å²) in [5, 5.41) is -10.7. The first-order valence-electron chi connectivity index (χ1n) is 26.1. The van der Waals surface area contributed by atoms with Gasteiger partial charge in [-0.2, -0.15) is 0 Å². The van der Waals surface area contributed by atoms with Gasteiger partial charge >= 0.3 is 0 Å². The Kier molecular flexibility index (Phi) is 3.00. The van der Waals surface area contributed by atoms with E-state index in [0.29, 0.717) is 0 Å². The molecule has 18 unspecified atom stereocenters. The number of alkyl halides is 18. The van der Waals surface area contributed by atoms with Crippen molar-refractivity contribution in [2.45, 2.75) is 102 Å². The molecule has 0 saturated carbocycles. The van der Waals surface area contributed by atoms with Crippen LogP contribution in [0.4, 0.5) is 79.0 Å². The molecule has 0 spiro atoms. The van der Waals surface area contributed by atoms with Gasteiger partial charge in [0.1, 0.15) is 0 Å². The second kappa shape index (κ2) is 6.75. The molecule has 0 aromatic heterocycles. The summed E-state index contributed by atoms with van der Waals surface area (Å²) in [5.74, 6) is -11.6. The number of hydrogen-bond acceptors (Lipinski definition) is 1. The molecular weight excluding hydrogens is 1080 g/mol. The third-order valence-electron chi connectivity index (χ3n) is 27.9. The molecule has 31 rings (SSSR count). The molecule has 1 nitrogen and oxygen atoms in total. The van der Waals surface area contributed by atoms with Crippen LogP contribution in [0, 0.1) is 0 Å². The maximum absolute atomic E-state index is 21.5. The van der Waals surface area contributed by atoms with Crippen LogP contribution >= 0.6 is 0 Å². The number of rotatable bonds is 0. The van der Waals surface area contributed by atoms with Gasteiger partial charge in [0, 0.05) is 100 Å². The van der Waals surface area contributed by atoms with Gasteiger partial charge in [0.2, 0.25) is 90.7 Å². The molecule has 79 heavy (non-hydrogen) atoms. The fraction of sp³-hybridized carbons (Fsp3) is 0.300. The van der Waals surface area contributed by atoms with Crippen molar-refractivity contribution in [3.8, 4) is 0 Å². The Labute approximate surface area is 414 Å². The van der Waals surface area contributed by atoms with Crippen molar-refractivity contribution < 1.29 is 83.8 Å². The average Bonchev–Trinajstić information content (AvgIpc) is 1.36. The van der Waals surface area contributed by atoms with Crippen LogP contribution in [0.2, 0.25) is 0 Å². The summed E-state index contributed by atoms with van der Waals surface area (Å²) in [7, 11) is 0. The third kappa shape index (κ3) is 1.51. The Morgan fingerprint density at radius 1 is 0.165 bits per heavy atom. The van der Waals surface area contributed by atoms with Crippen molar-refractivity contribution in [3.63, 3.8) is 0 Å². The van der Waals surface area contributed by atoms with E-state index in [-0.39, 0.29) is 64.6 Å². The summed E-state index contributed by atoms with van der Waals surface area (Å²) >= 11 is 0. The molecule has 0 amide bonds. The van der Waals surface area contributed by atoms with Crippen LogP contribution in [0.3, 0.4) is 0 Å². The maximum atomic E-state index is 21.5. The van der Waals surface area contributed by atoms with Gasteiger partial charge < -0.3 is 0 Å². The van der Waals surface area contributed by atoms with Crippen LogP contribution in [0.5, 0.6) is 0 Å². The van der Waals surface area contributed by atoms with Crippen LogP contribution in [-0.4, -0.2) is 17.2 Å². The third-order valence-corrected chi connectivity index (χ3v) is 27.9. The number of benzene rings is 11. The monoisotopic (exact) mass is 1080 g/mol. The summed E-state index contributed by atoms with van der Waals surface area (Å²) in [6.07, 6.45) is 0. The molecule has 1 aliphatic heterocycles. The lowest BCUT2D eigenvalue weighted by Crippen LogP contribution is -2.87. The minimum Gasteiger partial charge on any atom is -0.295 e. The topological polar surface area (TPSA) is 9.23 Å². The van der Waals surface area contributed by atoms with E-state index in [9.17, 15) is 0 Å². The van der Waals surface area contributed by atoms with Crippen molar-refractivity contribution >= 4 is 129 Å². The van der Waals surface area contributed by atoms with Gasteiger partial charge in [0.15, 0.2) is 0 Å². The van der Waals surface area contributed by atoms with Gasteiger partial charge in [0.25, 0.3) is 11.7 Å². The van der Waals surface area contributed by atoms with Gasteiger partial charge in [-0.05, 0) is 129 Å². The van der Waals surface area contributed by atoms with Crippen molar-refractivity contribution in [2.24, 2.45) is 0 Å². The Morgan fingerprint density at radius 2 is 0.380 bits per heavy atom. The fourth-order valence-corrected chi connectivity index (χ4v) is 27.4. The number of ether oxygens (including phenoxy) is 1. The van der Waals surface area contributed by atoms with Crippen molar-refractivity contribution in [3.05, 3.63) is 100 Å². The average molecular weight is 1080 g/mol. The van der Waals surface area contributed by atoms with Crippen LogP contribution < -0.4 is 0 Å². The normalized spacial score (nSPS) is 54.3. The lowest BCUT2D eigenvalue weighted by molar-refractivity contribution is -0.465. The second-order valence-corrected chi connectivity index (χ2v) is 27.6. The number of fused-ring (bicyclic) bond motifs is 5. The van der Waals surface area contributed by atoms with Gasteiger partial charge in [-0.25, -0.2) is 79.0 Å². The number of halogens is 18. The Bertz CT molecular complexity index is 6460. The quantitative estimate of drug-likeness (QED) is 0.109. The Balaban J connectivity index is 1.16. The van der Waals surface area contributed by atoms with Gasteiger partial charge in [0.05, 0.1) is 0 Å². The highest BCUT2D eigenvalue weighted by molar-refractivity contribution is 6.68. The van der Waals surface area contributed by atoms with E-state index in [1.54, 1.807) is 0 Å². The standard InChI is InChI=1S/C60F18O/c61-43-25-16-7-1-2-4-6-5-3(1)9-14-11(5)20-21-12(6)15-10(4)19-18-8(2)13(7)22-31(25)46(64)47(65)32(22)26(18)44(62)28(19)34-24(15)36-30(21)45(63)29(20)35-23(14)33(27(43)17(9)16)48(66)49(35,67)56(74)41-39-37(52(46,70)58(43,76)54(39,48)72)38-40-42(41)57(75,79-60(45,56)78)51(36,69)50(34,68)55(40,73)59(44,77)53(38,47)71. The molecule has 0 bridgehead atoms. The highest BCUT2D eigenvalue weighted by Gasteiger charge is 3.16. The van der Waals surface area contributed by atoms with E-state index >= 15 is 79.0 Å². The summed E-state index contributed by atoms with van der Waals surface area (Å²) in [6, 6.07) is 0. The van der Waals surface area contributed by atoms with Crippen LogP contribution in [0.25, 0.3) is 129 Å². The van der Waals surface area contributed by atoms with E-state index in [1.807, 2.05) is 0 Å². The highest BCUT2D eigenvalue weighted by atomic mass is 19.2. The van der Waals surface area contributed by atoms with Gasteiger partial charge in [-0.1, -0.05) is 0 Å². The highest BCUT2D eigenvalue weighted by Crippen LogP contribution is 3.05. The molecule has 372 valence electrons. The van der Waals surface area contributed by atoms with Crippen molar-refractivity contribution in [2.75, 3.05) is 0 Å². The summed E-state index contributed by atoms with van der Waals surface area (Å²) in [6.45, 7) is 0.